The van der Waals surface area contributed by atoms with Crippen molar-refractivity contribution in [2.45, 2.75) is 195 Å². The lowest BCUT2D eigenvalue weighted by Gasteiger charge is -2.45. The van der Waals surface area contributed by atoms with E-state index in [1.807, 2.05) is 103 Å². The number of nitrogens with one attached hydrogen (secondary N) is 9. The lowest BCUT2D eigenvalue weighted by molar-refractivity contribution is -0.141. The maximum atomic E-state index is 15.1. The predicted octanol–water partition coefficient (Wildman–Crippen LogP) is 21.8. The Kier molecular flexibility index (Phi) is 25.5. The number of H-pyrrole nitrogens is 4. The van der Waals surface area contributed by atoms with Gasteiger partial charge in [0.1, 0.15) is 93.7 Å². The molecule has 15 heterocycles. The van der Waals surface area contributed by atoms with Gasteiger partial charge in [-0.2, -0.15) is 59.9 Å². The molecule has 3 aromatic carbocycles. The molecule has 0 radical (unpaired) electrons. The maximum absolute atomic E-state index is 15.1. The average Bonchev–Trinajstić information content (AvgIpc) is 1.59. The number of pyridine rings is 2. The second kappa shape index (κ2) is 37.7. The number of anilines is 12. The molecule has 752 valence electrons. The van der Waals surface area contributed by atoms with Crippen LogP contribution in [0.1, 0.15) is 137 Å². The molecule has 31 nitrogen and oxygen atoms in total. The third-order valence-electron chi connectivity index (χ3n) is 25.8. The van der Waals surface area contributed by atoms with Gasteiger partial charge in [0, 0.05) is 151 Å². The number of aromatic amines is 4. The summed E-state index contributed by atoms with van der Waals surface area (Å²) in [5, 5.41) is 45.7. The molecule has 3 aliphatic heterocycles. The van der Waals surface area contributed by atoms with Crippen LogP contribution >= 0.6 is 35.3 Å². The molecule has 0 spiro atoms. The van der Waals surface area contributed by atoms with Crippen LogP contribution in [0.25, 0.3) is 27.5 Å². The summed E-state index contributed by atoms with van der Waals surface area (Å²) in [6.07, 6.45) is -2.02. The third-order valence-corrected chi connectivity index (χ3v) is 28.4. The molecule has 23 rings (SSSR count). The van der Waals surface area contributed by atoms with E-state index in [1.165, 1.54) is 51.5 Å². The number of benzene rings is 3. The molecule has 3 saturated heterocycles. The highest BCUT2D eigenvalue weighted by molar-refractivity contribution is 7.99. The SMILES string of the molecule is CC(=O)Nc1cccc(Sc2nc(Nc3cc(C)[nH]n3)cc(N3CC(F)(C4CC4)C3)n2)c1.Cc1cc(Nc2cc(C3CC(F)(C4CC4)C3)nc(Sc3ccc4nc(CC(F)(F)F)n(C)c4c3)n2)n[nH]1.Cc1cc(Nc2cc(N3CC(F)(C4CC4)C3)nc(Cc3ccc4nc(C(F)(F)F)cn4c3)n2)n[nH]1.Cc1cc(Nc2cc(N3CC(F)(C4CC4)C3)nc(Sc3ccc4ccn(CC(F)(F)F)c(=O)c4c3)n2)n[nH]1.[HH].[HH].[HH].[HH].[HH].[HH]. The maximum Gasteiger partial charge on any atom is 0.434 e. The van der Waals surface area contributed by atoms with E-state index in [9.17, 15) is 57.9 Å². The van der Waals surface area contributed by atoms with Gasteiger partial charge in [-0.05, 0) is 222 Å². The monoisotopic (exact) mass is 2030 g/mol. The number of hydrogen-bond donors (Lipinski definition) is 9. The average molecular weight is 2030 g/mol. The fourth-order valence-electron chi connectivity index (χ4n) is 18.0. The zero-order valence-corrected chi connectivity index (χ0v) is 79.5. The molecular weight excluding hydrogens is 1920 g/mol. The molecule has 8 fully saturated rings. The lowest BCUT2D eigenvalue weighted by atomic mass is 9.68. The van der Waals surface area contributed by atoms with E-state index in [2.05, 4.69) is 112 Å². The number of fused-ring (bicyclic) bond motifs is 3. The van der Waals surface area contributed by atoms with Gasteiger partial charge in [0.2, 0.25) is 5.91 Å². The van der Waals surface area contributed by atoms with Crippen molar-refractivity contribution in [2.24, 2.45) is 30.7 Å². The Balaban J connectivity index is 0.000000154. The Morgan fingerprint density at radius 1 is 0.479 bits per heavy atom. The summed E-state index contributed by atoms with van der Waals surface area (Å²) in [6.45, 7) is 9.49. The minimum Gasteiger partial charge on any atom is -0.350 e. The van der Waals surface area contributed by atoms with E-state index in [4.69, 9.17) is 4.98 Å². The Hall–Kier alpha value is -13.6. The van der Waals surface area contributed by atoms with Gasteiger partial charge in [0.25, 0.3) is 5.56 Å². The normalized spacial score (nSPS) is 18.4. The van der Waals surface area contributed by atoms with E-state index >= 15 is 8.78 Å². The van der Waals surface area contributed by atoms with E-state index in [0.717, 1.165) is 114 Å². The molecule has 5 aliphatic carbocycles. The Bertz CT molecular complexity index is 7340. The van der Waals surface area contributed by atoms with E-state index in [1.54, 1.807) is 67.8 Å². The molecule has 47 heteroatoms. The van der Waals surface area contributed by atoms with Crippen LogP contribution in [0.4, 0.5) is 127 Å². The number of halogens is 13. The van der Waals surface area contributed by atoms with E-state index in [0.29, 0.717) is 148 Å². The van der Waals surface area contributed by atoms with Crippen LogP contribution in [0.3, 0.4) is 0 Å². The van der Waals surface area contributed by atoms with Crippen LogP contribution in [0.2, 0.25) is 0 Å². The minimum absolute atomic E-state index is 0. The van der Waals surface area contributed by atoms with Crippen LogP contribution < -0.4 is 46.8 Å². The van der Waals surface area contributed by atoms with Crippen molar-refractivity contribution in [3.8, 4) is 0 Å². The number of carbonyl (C=O) groups excluding carboxylic acids is 1. The van der Waals surface area contributed by atoms with Gasteiger partial charge in [-0.3, -0.25) is 30.0 Å². The fourth-order valence-corrected chi connectivity index (χ4v) is 20.4. The first kappa shape index (κ1) is 95.9. The number of rotatable bonds is 27. The molecular formula is C95H106F13N29O2S3. The molecule has 8 aliphatic rings. The molecule has 0 unspecified atom stereocenters. The first-order valence-corrected chi connectivity index (χ1v) is 48.4. The second-order valence-corrected chi connectivity index (χ2v) is 40.8. The molecule has 12 aromatic heterocycles. The van der Waals surface area contributed by atoms with Crippen molar-refractivity contribution in [1.29, 1.82) is 0 Å². The number of carbonyl (C=O) groups is 1. The number of nitrogens with zero attached hydrogens (tertiary/aromatic N) is 20. The van der Waals surface area contributed by atoms with Gasteiger partial charge in [0.15, 0.2) is 44.4 Å². The number of imidazole rings is 2. The molecule has 0 bridgehead atoms. The van der Waals surface area contributed by atoms with Crippen molar-refractivity contribution >= 4 is 138 Å². The van der Waals surface area contributed by atoms with Crippen molar-refractivity contribution in [1.82, 2.24) is 104 Å². The summed E-state index contributed by atoms with van der Waals surface area (Å²) in [4.78, 5) is 76.9. The largest absolute Gasteiger partial charge is 0.434 e. The van der Waals surface area contributed by atoms with Crippen molar-refractivity contribution in [3.63, 3.8) is 0 Å². The highest BCUT2D eigenvalue weighted by atomic mass is 32.2. The lowest BCUT2D eigenvalue weighted by Crippen LogP contribution is -2.60. The van der Waals surface area contributed by atoms with Gasteiger partial charge in [-0.25, -0.2) is 67.4 Å². The van der Waals surface area contributed by atoms with Crippen LogP contribution in [0.15, 0.2) is 181 Å². The smallest absolute Gasteiger partial charge is 0.350 e. The molecule has 5 saturated carbocycles. The van der Waals surface area contributed by atoms with Gasteiger partial charge in [-0.15, -0.1) is 0 Å². The first-order valence-electron chi connectivity index (χ1n) is 46.0. The molecule has 1 amide bonds. The Labute approximate surface area is 823 Å². The summed E-state index contributed by atoms with van der Waals surface area (Å²) in [5.41, 5.74) is 0.817. The molecule has 9 N–H and O–H groups in total. The van der Waals surface area contributed by atoms with Gasteiger partial charge in [-0.1, -0.05) is 18.2 Å². The summed E-state index contributed by atoms with van der Waals surface area (Å²) >= 11 is 3.85. The summed E-state index contributed by atoms with van der Waals surface area (Å²) in [7, 11) is 1.58. The highest BCUT2D eigenvalue weighted by Gasteiger charge is 2.58. The van der Waals surface area contributed by atoms with E-state index in [-0.39, 0.29) is 93.5 Å². The summed E-state index contributed by atoms with van der Waals surface area (Å²) < 4.78 is 180. The number of alkyl halides is 13. The van der Waals surface area contributed by atoms with Gasteiger partial charge >= 0.3 is 18.5 Å². The Morgan fingerprint density at radius 3 is 1.42 bits per heavy atom. The van der Waals surface area contributed by atoms with Crippen molar-refractivity contribution < 1.29 is 70.4 Å². The fraction of sp³-hybridized carbons (Fsp3) is 0.389. The zero-order valence-electron chi connectivity index (χ0n) is 77.1. The van der Waals surface area contributed by atoms with Crippen LogP contribution in [-0.2, 0) is 37.4 Å². The van der Waals surface area contributed by atoms with Gasteiger partial charge in [0.05, 0.1) is 56.0 Å². The quantitative estimate of drug-likeness (QED) is 0.0171. The third kappa shape index (κ3) is 22.6. The number of aromatic nitrogens is 21. The first-order chi connectivity index (χ1) is 67.6. The number of amides is 1. The van der Waals surface area contributed by atoms with Gasteiger partial charge < -0.3 is 54.8 Å². The Morgan fingerprint density at radius 2 is 0.944 bits per heavy atom. The van der Waals surface area contributed by atoms with Crippen molar-refractivity contribution in [3.05, 3.63) is 208 Å². The van der Waals surface area contributed by atoms with Crippen molar-refractivity contribution in [2.75, 3.05) is 80.6 Å². The predicted molar refractivity (Wildman–Crippen MR) is 523 cm³/mol. The van der Waals surface area contributed by atoms with E-state index < -0.39 is 65.4 Å². The molecule has 15 aromatic rings. The van der Waals surface area contributed by atoms with Crippen LogP contribution in [0.5, 0.6) is 0 Å². The summed E-state index contributed by atoms with van der Waals surface area (Å²) in [6, 6.07) is 37.0. The topological polar surface area (TPSA) is 362 Å². The zero-order chi connectivity index (χ0) is 99.3. The number of aryl methyl sites for hydroxylation is 5. The van der Waals surface area contributed by atoms with Crippen LogP contribution in [0, 0.1) is 51.4 Å². The number of hydrogen-bond acceptors (Lipinski definition) is 26. The highest BCUT2D eigenvalue weighted by Crippen LogP contribution is 2.59. The minimum atomic E-state index is -4.52. The second-order valence-electron chi connectivity index (χ2n) is 37.7. The molecule has 142 heavy (non-hydrogen) atoms. The standard InChI is InChI=1S/C25H23F4N7OS.C25H25F4N7S.C23H22F4N8.C22H24FN7OS.6H2/c1-14-8-20(34-33-14)30-19-10-21(36-11-24(26,12-36)16-3-4-16)32-23(31-19)38-17-5-2-15-6-7-35(13-25(27,28)29)22(37)18(15)9-17;1-13-7-21(35-34-13)32-20-9-18(14-10-24(26,11-14)15-3-4-15)31-23(33-20)37-16-5-6-17-19(8-16)36(2)22(30-17)12-25(27,28)29;1-13-6-19(33-32-13)30-18-8-21(35-11-22(24,12-35)15-3-4-15)31-17(29-18)7-14-2-5-20-28-16(23(25,26)27)10-34(20)9-14;1-13-8-19(29-28-13)25-18-10-20(30-11-22(23,12-30)15-6-7-15)27-21(26-18)32-17-5-3-4-16(9-17)24-14(2)31;;;;;;/h2,5-10,16H,3-4,11-13H2,1H3,(H2,30,31,32,33,34);5-9,14-15H,3-4,10-12H2,1-2H3,(H2,31,32,33,34,35);2,5-6,8-10,15H,3-4,7,11-12H2,1H3,(H2,29,30,31,32,33);3-5,8-10,15H,6-7,11-12H2,1-2H3,(H,24,31)(H2,25,26,27,28,29);6*1H. The molecule has 0 atom stereocenters. The summed E-state index contributed by atoms with van der Waals surface area (Å²) in [5.74, 6) is 7.24. The van der Waals surface area contributed by atoms with Crippen LogP contribution in [-0.4, -0.2) is 184 Å².